The fraction of sp³-hybridized carbons (Fsp3) is 0.100. The van der Waals surface area contributed by atoms with E-state index in [9.17, 15) is 8.42 Å². The molecule has 2 aromatic rings. The summed E-state index contributed by atoms with van der Waals surface area (Å²) >= 11 is 3.24. The van der Waals surface area contributed by atoms with Crippen LogP contribution in [0.25, 0.3) is 0 Å². The Bertz CT molecular complexity index is 596. The minimum absolute atomic E-state index is 0.189. The number of aromatic nitrogens is 2. The van der Waals surface area contributed by atoms with E-state index >= 15 is 0 Å². The van der Waals surface area contributed by atoms with Crippen LogP contribution in [0.1, 0.15) is 5.69 Å². The molecule has 0 saturated heterocycles. The number of imidazole rings is 1. The number of benzene rings is 1. The Morgan fingerprint density at radius 3 is 2.88 bits per heavy atom. The van der Waals surface area contributed by atoms with Crippen molar-refractivity contribution in [3.8, 4) is 0 Å². The third kappa shape index (κ3) is 3.15. The van der Waals surface area contributed by atoms with Crippen molar-refractivity contribution in [2.75, 3.05) is 0 Å². The van der Waals surface area contributed by atoms with E-state index in [1.54, 1.807) is 30.5 Å². The molecule has 0 saturated carbocycles. The quantitative estimate of drug-likeness (QED) is 0.901. The number of hydrogen-bond donors (Lipinski definition) is 2. The molecule has 1 aromatic carbocycles. The average molecular weight is 316 g/mol. The maximum absolute atomic E-state index is 11.9. The molecule has 0 bridgehead atoms. The molecule has 5 nitrogen and oxygen atoms in total. The predicted octanol–water partition coefficient (Wildman–Crippen LogP) is 1.65. The zero-order valence-corrected chi connectivity index (χ0v) is 11.1. The van der Waals surface area contributed by atoms with Gasteiger partial charge in [0.1, 0.15) is 0 Å². The number of sulfonamides is 1. The van der Waals surface area contributed by atoms with Crippen molar-refractivity contribution >= 4 is 26.0 Å². The average Bonchev–Trinajstić information content (AvgIpc) is 2.79. The van der Waals surface area contributed by atoms with Crippen LogP contribution in [0.5, 0.6) is 0 Å². The van der Waals surface area contributed by atoms with Gasteiger partial charge in [-0.3, -0.25) is 0 Å². The first-order valence-electron chi connectivity index (χ1n) is 4.80. The van der Waals surface area contributed by atoms with Crippen LogP contribution in [0.3, 0.4) is 0 Å². The smallest absolute Gasteiger partial charge is 0.240 e. The molecule has 1 heterocycles. The molecule has 90 valence electrons. The van der Waals surface area contributed by atoms with Gasteiger partial charge in [0.2, 0.25) is 10.0 Å². The highest BCUT2D eigenvalue weighted by Crippen LogP contribution is 2.15. The van der Waals surface area contributed by atoms with Gasteiger partial charge in [0.05, 0.1) is 17.8 Å². The van der Waals surface area contributed by atoms with Crippen molar-refractivity contribution in [1.29, 1.82) is 0 Å². The van der Waals surface area contributed by atoms with Gasteiger partial charge in [0, 0.05) is 16.4 Å². The first kappa shape index (κ1) is 12.3. The summed E-state index contributed by atoms with van der Waals surface area (Å²) in [6, 6.07) is 6.54. The van der Waals surface area contributed by atoms with Gasteiger partial charge in [-0.15, -0.1) is 0 Å². The highest BCUT2D eigenvalue weighted by Gasteiger charge is 2.13. The van der Waals surface area contributed by atoms with Gasteiger partial charge in [-0.25, -0.2) is 18.1 Å². The van der Waals surface area contributed by atoms with Gasteiger partial charge in [-0.1, -0.05) is 22.0 Å². The molecule has 0 unspecified atom stereocenters. The molecular weight excluding hydrogens is 306 g/mol. The number of H-pyrrole nitrogens is 1. The van der Waals surface area contributed by atoms with Gasteiger partial charge in [-0.2, -0.15) is 0 Å². The first-order chi connectivity index (χ1) is 8.08. The fourth-order valence-electron chi connectivity index (χ4n) is 1.27. The predicted molar refractivity (Wildman–Crippen MR) is 66.8 cm³/mol. The first-order valence-corrected chi connectivity index (χ1v) is 7.08. The van der Waals surface area contributed by atoms with Gasteiger partial charge >= 0.3 is 0 Å². The second-order valence-corrected chi connectivity index (χ2v) is 6.04. The Labute approximate surface area is 107 Å². The van der Waals surface area contributed by atoms with E-state index in [-0.39, 0.29) is 11.4 Å². The molecule has 1 aromatic heterocycles. The van der Waals surface area contributed by atoms with E-state index < -0.39 is 10.0 Å². The Kier molecular flexibility index (Phi) is 3.60. The van der Waals surface area contributed by atoms with Crippen molar-refractivity contribution in [2.24, 2.45) is 0 Å². The third-order valence-corrected chi connectivity index (χ3v) is 4.01. The highest BCUT2D eigenvalue weighted by atomic mass is 79.9. The number of rotatable bonds is 4. The Hall–Kier alpha value is -1.18. The molecule has 2 rings (SSSR count). The van der Waals surface area contributed by atoms with E-state index in [1.165, 1.54) is 6.33 Å². The van der Waals surface area contributed by atoms with Crippen LogP contribution in [0.15, 0.2) is 46.2 Å². The lowest BCUT2D eigenvalue weighted by Gasteiger charge is -2.05. The molecular formula is C10H10BrN3O2S. The Morgan fingerprint density at radius 2 is 2.24 bits per heavy atom. The highest BCUT2D eigenvalue weighted by molar-refractivity contribution is 9.10. The molecule has 0 aliphatic carbocycles. The summed E-state index contributed by atoms with van der Waals surface area (Å²) in [5.74, 6) is 0. The van der Waals surface area contributed by atoms with E-state index in [1.807, 2.05) is 0 Å². The van der Waals surface area contributed by atoms with Crippen molar-refractivity contribution in [2.45, 2.75) is 11.4 Å². The normalized spacial score (nSPS) is 11.6. The molecule has 17 heavy (non-hydrogen) atoms. The topological polar surface area (TPSA) is 74.8 Å². The van der Waals surface area contributed by atoms with Crippen molar-refractivity contribution < 1.29 is 8.42 Å². The zero-order chi connectivity index (χ0) is 12.3. The van der Waals surface area contributed by atoms with Crippen molar-refractivity contribution in [1.82, 2.24) is 14.7 Å². The summed E-state index contributed by atoms with van der Waals surface area (Å²) in [5.41, 5.74) is 0.712. The molecule has 0 fully saturated rings. The van der Waals surface area contributed by atoms with Crippen LogP contribution < -0.4 is 4.72 Å². The Balaban J connectivity index is 2.14. The minimum Gasteiger partial charge on any atom is -0.347 e. The maximum Gasteiger partial charge on any atom is 0.240 e. The largest absolute Gasteiger partial charge is 0.347 e. The number of nitrogens with one attached hydrogen (secondary N) is 2. The van der Waals surface area contributed by atoms with E-state index in [4.69, 9.17) is 0 Å². The fourth-order valence-corrected chi connectivity index (χ4v) is 2.87. The van der Waals surface area contributed by atoms with Crippen LogP contribution in [-0.2, 0) is 16.6 Å². The monoisotopic (exact) mass is 315 g/mol. The second-order valence-electron chi connectivity index (χ2n) is 3.36. The summed E-state index contributed by atoms with van der Waals surface area (Å²) < 4.78 is 27.0. The third-order valence-electron chi connectivity index (χ3n) is 2.11. The van der Waals surface area contributed by atoms with Gasteiger partial charge in [-0.05, 0) is 18.2 Å². The molecule has 0 atom stereocenters. The van der Waals surface area contributed by atoms with Crippen LogP contribution in [-0.4, -0.2) is 18.4 Å². The van der Waals surface area contributed by atoms with Crippen LogP contribution in [0.2, 0.25) is 0 Å². The summed E-state index contributed by atoms with van der Waals surface area (Å²) in [7, 11) is -3.49. The van der Waals surface area contributed by atoms with Gasteiger partial charge in [0.15, 0.2) is 0 Å². The minimum atomic E-state index is -3.49. The van der Waals surface area contributed by atoms with E-state index in [0.29, 0.717) is 5.69 Å². The van der Waals surface area contributed by atoms with E-state index in [0.717, 1.165) is 4.47 Å². The molecule has 0 aliphatic rings. The summed E-state index contributed by atoms with van der Waals surface area (Å²) in [4.78, 5) is 6.87. The van der Waals surface area contributed by atoms with Gasteiger partial charge < -0.3 is 4.98 Å². The molecule has 2 N–H and O–H groups in total. The lowest BCUT2D eigenvalue weighted by atomic mass is 10.4. The second kappa shape index (κ2) is 4.99. The zero-order valence-electron chi connectivity index (χ0n) is 8.72. The summed E-state index contributed by atoms with van der Waals surface area (Å²) in [6.07, 6.45) is 3.08. The number of halogens is 1. The van der Waals surface area contributed by atoms with Crippen molar-refractivity contribution in [3.05, 3.63) is 47.0 Å². The molecule has 0 amide bonds. The molecule has 0 spiro atoms. The summed E-state index contributed by atoms with van der Waals surface area (Å²) in [6.45, 7) is 0.189. The van der Waals surface area contributed by atoms with Crippen LogP contribution >= 0.6 is 15.9 Å². The molecule has 0 radical (unpaired) electrons. The molecule has 7 heteroatoms. The van der Waals surface area contributed by atoms with Gasteiger partial charge in [0.25, 0.3) is 0 Å². The lowest BCUT2D eigenvalue weighted by molar-refractivity contribution is 0.580. The standard InChI is InChI=1S/C10H10BrN3O2S/c11-8-2-1-3-10(4-8)17(15,16)14-6-9-5-12-7-13-9/h1-5,7,14H,6H2,(H,12,13). The Morgan fingerprint density at radius 1 is 1.41 bits per heavy atom. The lowest BCUT2D eigenvalue weighted by Crippen LogP contribution is -2.23. The van der Waals surface area contributed by atoms with Crippen LogP contribution in [0, 0.1) is 0 Å². The number of hydrogen-bond acceptors (Lipinski definition) is 3. The SMILES string of the molecule is O=S(=O)(NCc1cnc[nH]1)c1cccc(Br)c1. The maximum atomic E-state index is 11.9. The van der Waals surface area contributed by atoms with E-state index in [2.05, 4.69) is 30.6 Å². The van der Waals surface area contributed by atoms with Crippen LogP contribution in [0.4, 0.5) is 0 Å². The summed E-state index contributed by atoms with van der Waals surface area (Å²) in [5, 5.41) is 0. The number of nitrogens with zero attached hydrogens (tertiary/aromatic N) is 1. The molecule has 0 aliphatic heterocycles. The number of aromatic amines is 1. The van der Waals surface area contributed by atoms with Crippen molar-refractivity contribution in [3.63, 3.8) is 0 Å².